The van der Waals surface area contributed by atoms with Crippen LogP contribution in [0, 0.1) is 6.92 Å². The molecule has 0 radical (unpaired) electrons. The normalized spacial score (nSPS) is 15.5. The molecule has 2 aliphatic rings. The molecule has 4 rings (SSSR count). The molecule has 0 bridgehead atoms. The maximum Gasteiger partial charge on any atom is 0.490 e. The Morgan fingerprint density at radius 1 is 1.00 bits per heavy atom. The van der Waals surface area contributed by atoms with Crippen molar-refractivity contribution in [2.45, 2.75) is 30.8 Å². The number of likely N-dealkylation sites (N-methyl/N-ethyl adjacent to an activating group) is 1. The molecule has 2 saturated heterocycles. The van der Waals surface area contributed by atoms with Crippen LogP contribution in [-0.4, -0.2) is 100 Å². The second-order valence-electron chi connectivity index (χ2n) is 9.94. The van der Waals surface area contributed by atoms with Gasteiger partial charge < -0.3 is 25.1 Å². The lowest BCUT2D eigenvalue weighted by atomic mass is 10.1. The number of piperazine rings is 1. The van der Waals surface area contributed by atoms with E-state index in [1.165, 1.54) is 4.90 Å². The van der Waals surface area contributed by atoms with E-state index in [0.29, 0.717) is 11.3 Å². The number of nitrogens with zero attached hydrogens (tertiary/aromatic N) is 3. The first-order valence-corrected chi connectivity index (χ1v) is 14.7. The third-order valence-corrected chi connectivity index (χ3v) is 8.08. The van der Waals surface area contributed by atoms with E-state index >= 15 is 0 Å². The highest BCUT2D eigenvalue weighted by atomic mass is 32.2. The van der Waals surface area contributed by atoms with Crippen LogP contribution in [0.1, 0.15) is 28.8 Å². The van der Waals surface area contributed by atoms with Gasteiger partial charge in [-0.3, -0.25) is 14.3 Å². The maximum atomic E-state index is 13.2. The molecule has 2 aromatic rings. The molecule has 230 valence electrons. The van der Waals surface area contributed by atoms with E-state index in [0.717, 1.165) is 63.4 Å². The molecule has 2 aromatic carbocycles. The molecule has 11 nitrogen and oxygen atoms in total. The van der Waals surface area contributed by atoms with Gasteiger partial charge in [-0.05, 0) is 50.1 Å². The molecule has 0 atom stereocenters. The number of amides is 2. The average Bonchev–Trinajstić information content (AvgIpc) is 3.48. The van der Waals surface area contributed by atoms with E-state index in [1.807, 2.05) is 6.92 Å². The van der Waals surface area contributed by atoms with Gasteiger partial charge in [-0.2, -0.15) is 13.2 Å². The number of nitrogens with one attached hydrogen (secondary N) is 2. The third kappa shape index (κ3) is 8.82. The van der Waals surface area contributed by atoms with Crippen LogP contribution in [0.2, 0.25) is 0 Å². The fraction of sp³-hybridized carbons (Fsp3) is 0.444. The minimum Gasteiger partial charge on any atom is -0.475 e. The monoisotopic (exact) mass is 613 g/mol. The number of likely N-dealkylation sites (tertiary alicyclic amines) is 1. The van der Waals surface area contributed by atoms with Gasteiger partial charge in [-0.15, -0.1) is 0 Å². The standard InChI is InChI=1S/C25H33N5O4S.C2HF3O2/c1-19-5-8-21(9-6-19)35(33,34)27-22-17-20(7-10-23(22)29-15-11-26-12-16-29)25(32)28(2)18-24(31)30-13-3-4-14-30;3-2(4,5)1(6)7/h5-10,17,26-27H,3-4,11-16,18H2,1-2H3;(H,6,7). The van der Waals surface area contributed by atoms with Gasteiger partial charge in [0.05, 0.1) is 22.8 Å². The van der Waals surface area contributed by atoms with E-state index in [-0.39, 0.29) is 23.3 Å². The molecule has 42 heavy (non-hydrogen) atoms. The number of carbonyl (C=O) groups is 3. The molecule has 3 N–H and O–H groups in total. The van der Waals surface area contributed by atoms with Gasteiger partial charge in [-0.25, -0.2) is 13.2 Å². The Labute approximate surface area is 242 Å². The predicted molar refractivity (Wildman–Crippen MR) is 150 cm³/mol. The Balaban J connectivity index is 0.000000616. The van der Waals surface area contributed by atoms with E-state index in [1.54, 1.807) is 54.4 Å². The van der Waals surface area contributed by atoms with Crippen molar-refractivity contribution < 1.29 is 41.1 Å². The number of sulfonamides is 1. The summed E-state index contributed by atoms with van der Waals surface area (Å²) in [5.41, 5.74) is 2.35. The summed E-state index contributed by atoms with van der Waals surface area (Å²) >= 11 is 0. The van der Waals surface area contributed by atoms with Crippen LogP contribution in [0.5, 0.6) is 0 Å². The number of aliphatic carboxylic acids is 1. The number of benzene rings is 2. The second-order valence-corrected chi connectivity index (χ2v) is 11.6. The highest BCUT2D eigenvalue weighted by Gasteiger charge is 2.38. The lowest BCUT2D eigenvalue weighted by Crippen LogP contribution is -2.44. The predicted octanol–water partition coefficient (Wildman–Crippen LogP) is 2.53. The smallest absolute Gasteiger partial charge is 0.475 e. The Kier molecular flexibility index (Phi) is 10.8. The molecule has 15 heteroatoms. The van der Waals surface area contributed by atoms with Crippen molar-refractivity contribution in [2.24, 2.45) is 0 Å². The molecule has 2 heterocycles. The van der Waals surface area contributed by atoms with Gasteiger partial charge in [0.15, 0.2) is 0 Å². The molecular weight excluding hydrogens is 579 g/mol. The van der Waals surface area contributed by atoms with Crippen LogP contribution < -0.4 is 14.9 Å². The molecule has 2 amide bonds. The number of carboxylic acids is 1. The number of halogens is 3. The largest absolute Gasteiger partial charge is 0.490 e. The zero-order chi connectivity index (χ0) is 31.1. The van der Waals surface area contributed by atoms with Crippen molar-refractivity contribution in [3.8, 4) is 0 Å². The highest BCUT2D eigenvalue weighted by molar-refractivity contribution is 7.92. The van der Waals surface area contributed by atoms with Crippen molar-refractivity contribution in [1.82, 2.24) is 15.1 Å². The number of hydrogen-bond acceptors (Lipinski definition) is 7. The second kappa shape index (κ2) is 13.9. The van der Waals surface area contributed by atoms with Crippen LogP contribution >= 0.6 is 0 Å². The summed E-state index contributed by atoms with van der Waals surface area (Å²) in [6.07, 6.45) is -3.11. The number of anilines is 2. The average molecular weight is 614 g/mol. The van der Waals surface area contributed by atoms with Gasteiger partial charge in [0.1, 0.15) is 0 Å². The van der Waals surface area contributed by atoms with Crippen LogP contribution in [-0.2, 0) is 19.6 Å². The fourth-order valence-electron chi connectivity index (χ4n) is 4.42. The van der Waals surface area contributed by atoms with Gasteiger partial charge >= 0.3 is 12.1 Å². The topological polar surface area (TPSA) is 139 Å². The Hall–Kier alpha value is -3.85. The molecular formula is C27H34F3N5O6S. The number of carboxylic acid groups (broad SMARTS) is 1. The minimum absolute atomic E-state index is 0.0111. The van der Waals surface area contributed by atoms with E-state index in [2.05, 4.69) is 14.9 Å². The molecule has 0 unspecified atom stereocenters. The number of aryl methyl sites for hydroxylation is 1. The van der Waals surface area contributed by atoms with Crippen molar-refractivity contribution in [2.75, 3.05) is 62.5 Å². The van der Waals surface area contributed by atoms with Crippen LogP contribution in [0.3, 0.4) is 0 Å². The minimum atomic E-state index is -5.08. The summed E-state index contributed by atoms with van der Waals surface area (Å²) < 4.78 is 60.8. The van der Waals surface area contributed by atoms with Gasteiger partial charge in [-0.1, -0.05) is 17.7 Å². The van der Waals surface area contributed by atoms with Crippen LogP contribution in [0.4, 0.5) is 24.5 Å². The lowest BCUT2D eigenvalue weighted by molar-refractivity contribution is -0.192. The molecule has 2 aliphatic heterocycles. The highest BCUT2D eigenvalue weighted by Crippen LogP contribution is 2.30. The van der Waals surface area contributed by atoms with Gasteiger partial charge in [0.25, 0.3) is 15.9 Å². The van der Waals surface area contributed by atoms with Crippen molar-refractivity contribution in [3.63, 3.8) is 0 Å². The summed E-state index contributed by atoms with van der Waals surface area (Å²) in [6, 6.07) is 11.7. The maximum absolute atomic E-state index is 13.2. The first-order chi connectivity index (χ1) is 19.7. The number of hydrogen-bond donors (Lipinski definition) is 3. The Morgan fingerprint density at radius 3 is 2.12 bits per heavy atom. The number of carbonyl (C=O) groups excluding carboxylic acids is 2. The molecule has 0 aliphatic carbocycles. The summed E-state index contributed by atoms with van der Waals surface area (Å²) in [5.74, 6) is -3.16. The van der Waals surface area contributed by atoms with E-state index < -0.39 is 22.2 Å². The number of alkyl halides is 3. The third-order valence-electron chi connectivity index (χ3n) is 6.70. The summed E-state index contributed by atoms with van der Waals surface area (Å²) in [6.45, 7) is 6.34. The Morgan fingerprint density at radius 2 is 1.57 bits per heavy atom. The van der Waals surface area contributed by atoms with Crippen molar-refractivity contribution in [1.29, 1.82) is 0 Å². The quantitative estimate of drug-likeness (QED) is 0.433. The summed E-state index contributed by atoms with van der Waals surface area (Å²) in [5, 5.41) is 10.4. The van der Waals surface area contributed by atoms with Gasteiger partial charge in [0, 0.05) is 51.9 Å². The molecule has 0 saturated carbocycles. The van der Waals surface area contributed by atoms with Crippen molar-refractivity contribution >= 4 is 39.2 Å². The number of rotatable bonds is 7. The molecule has 0 aromatic heterocycles. The van der Waals surface area contributed by atoms with Crippen LogP contribution in [0.25, 0.3) is 0 Å². The van der Waals surface area contributed by atoms with Crippen molar-refractivity contribution in [3.05, 3.63) is 53.6 Å². The zero-order valence-electron chi connectivity index (χ0n) is 23.3. The molecule has 2 fully saturated rings. The zero-order valence-corrected chi connectivity index (χ0v) is 24.1. The summed E-state index contributed by atoms with van der Waals surface area (Å²) in [7, 11) is -2.27. The lowest BCUT2D eigenvalue weighted by Gasteiger charge is -2.31. The first kappa shape index (κ1) is 32.7. The summed E-state index contributed by atoms with van der Waals surface area (Å²) in [4.78, 5) is 40.0. The van der Waals surface area contributed by atoms with E-state index in [4.69, 9.17) is 9.90 Å². The molecule has 0 spiro atoms. The van der Waals surface area contributed by atoms with Gasteiger partial charge in [0.2, 0.25) is 5.91 Å². The van der Waals surface area contributed by atoms with Crippen LogP contribution in [0.15, 0.2) is 47.4 Å². The SMILES string of the molecule is Cc1ccc(S(=O)(=O)Nc2cc(C(=O)N(C)CC(=O)N3CCCC3)ccc2N2CCNCC2)cc1.O=C(O)C(F)(F)F. The fourth-order valence-corrected chi connectivity index (χ4v) is 5.48. The van der Waals surface area contributed by atoms with E-state index in [9.17, 15) is 31.2 Å². The first-order valence-electron chi connectivity index (χ1n) is 13.2. The Bertz CT molecular complexity index is 1370.